The fourth-order valence-corrected chi connectivity index (χ4v) is 2.97. The van der Waals surface area contributed by atoms with Crippen molar-refractivity contribution in [1.82, 2.24) is 15.5 Å². The zero-order chi connectivity index (χ0) is 19.2. The van der Waals surface area contributed by atoms with Crippen LogP contribution in [0.3, 0.4) is 0 Å². The van der Waals surface area contributed by atoms with E-state index in [0.29, 0.717) is 42.8 Å². The first-order valence-corrected chi connectivity index (χ1v) is 8.81. The van der Waals surface area contributed by atoms with Gasteiger partial charge in [-0.25, -0.2) is 0 Å². The number of aliphatic imine (C=N–C) groups is 1. The van der Waals surface area contributed by atoms with Crippen LogP contribution < -0.4 is 15.4 Å². The number of halogens is 4. The first kappa shape index (κ1) is 20.6. The number of alkyl halides is 3. The molecule has 0 aliphatic carbocycles. The smallest absolute Gasteiger partial charge is 0.401 e. The Kier molecular flexibility index (Phi) is 7.40. The van der Waals surface area contributed by atoms with E-state index in [4.69, 9.17) is 16.3 Å². The minimum absolute atomic E-state index is 0.0623. The Balaban J connectivity index is 1.74. The largest absolute Gasteiger partial charge is 0.489 e. The molecule has 1 aliphatic rings. The van der Waals surface area contributed by atoms with Crippen molar-refractivity contribution in [3.8, 4) is 5.75 Å². The molecule has 1 fully saturated rings. The van der Waals surface area contributed by atoms with Crippen LogP contribution in [0.15, 0.2) is 29.3 Å². The second-order valence-corrected chi connectivity index (χ2v) is 6.76. The molecule has 0 radical (unpaired) electrons. The van der Waals surface area contributed by atoms with Crippen molar-refractivity contribution in [2.24, 2.45) is 4.99 Å². The highest BCUT2D eigenvalue weighted by molar-refractivity contribution is 6.30. The van der Waals surface area contributed by atoms with Gasteiger partial charge in [0.25, 0.3) is 0 Å². The summed E-state index contributed by atoms with van der Waals surface area (Å²) in [5, 5.41) is 6.90. The Morgan fingerprint density at radius 1 is 1.46 bits per heavy atom. The van der Waals surface area contributed by atoms with Gasteiger partial charge in [-0.15, -0.1) is 0 Å². The lowest BCUT2D eigenvalue weighted by Gasteiger charge is -2.21. The maximum Gasteiger partial charge on any atom is 0.401 e. The van der Waals surface area contributed by atoms with Crippen LogP contribution in [0.2, 0.25) is 5.02 Å². The minimum atomic E-state index is -4.16. The number of rotatable bonds is 6. The van der Waals surface area contributed by atoms with E-state index < -0.39 is 12.7 Å². The van der Waals surface area contributed by atoms with Crippen LogP contribution in [0.5, 0.6) is 5.75 Å². The van der Waals surface area contributed by atoms with Crippen molar-refractivity contribution < 1.29 is 17.9 Å². The first-order valence-electron chi connectivity index (χ1n) is 8.43. The Labute approximate surface area is 156 Å². The summed E-state index contributed by atoms with van der Waals surface area (Å²) in [6, 6.07) is 7.08. The number of nitrogens with zero attached hydrogens (tertiary/aromatic N) is 2. The van der Waals surface area contributed by atoms with E-state index in [1.165, 1.54) is 4.90 Å². The van der Waals surface area contributed by atoms with Gasteiger partial charge in [0.15, 0.2) is 5.96 Å². The second-order valence-electron chi connectivity index (χ2n) is 6.32. The molecular weight excluding hydrogens is 369 g/mol. The normalized spacial score (nSPS) is 20.1. The van der Waals surface area contributed by atoms with Crippen LogP contribution in [0.25, 0.3) is 0 Å². The zero-order valence-corrected chi connectivity index (χ0v) is 15.6. The quantitative estimate of drug-likeness (QED) is 0.577. The van der Waals surface area contributed by atoms with Gasteiger partial charge < -0.3 is 15.4 Å². The number of likely N-dealkylation sites (tertiary alicyclic amines) is 1. The van der Waals surface area contributed by atoms with Crippen molar-refractivity contribution >= 4 is 17.6 Å². The average molecular weight is 393 g/mol. The van der Waals surface area contributed by atoms with Gasteiger partial charge in [-0.1, -0.05) is 17.7 Å². The zero-order valence-electron chi connectivity index (χ0n) is 14.8. The molecule has 1 aliphatic heterocycles. The maximum absolute atomic E-state index is 12.5. The van der Waals surface area contributed by atoms with Crippen molar-refractivity contribution in [3.63, 3.8) is 0 Å². The highest BCUT2D eigenvalue weighted by Crippen LogP contribution is 2.20. The number of ether oxygens (including phenoxy) is 1. The average Bonchev–Trinajstić information content (AvgIpc) is 2.96. The topological polar surface area (TPSA) is 48.9 Å². The SMILES string of the molecule is CN=C(NCC(C)Oc1cccc(Cl)c1)NC1CCN(CC(F)(F)F)C1. The molecule has 9 heteroatoms. The van der Waals surface area contributed by atoms with Gasteiger partial charge in [0.1, 0.15) is 11.9 Å². The number of hydrogen-bond acceptors (Lipinski definition) is 3. The first-order chi connectivity index (χ1) is 12.2. The lowest BCUT2D eigenvalue weighted by Crippen LogP contribution is -2.47. The summed E-state index contributed by atoms with van der Waals surface area (Å²) < 4.78 is 43.1. The lowest BCUT2D eigenvalue weighted by molar-refractivity contribution is -0.143. The van der Waals surface area contributed by atoms with E-state index in [1.54, 1.807) is 19.2 Å². The molecule has 0 saturated carbocycles. The molecule has 1 saturated heterocycles. The molecule has 0 spiro atoms. The van der Waals surface area contributed by atoms with Gasteiger partial charge in [-0.2, -0.15) is 13.2 Å². The summed E-state index contributed by atoms with van der Waals surface area (Å²) in [4.78, 5) is 5.52. The number of hydrogen-bond donors (Lipinski definition) is 2. The van der Waals surface area contributed by atoms with E-state index in [9.17, 15) is 13.2 Å². The highest BCUT2D eigenvalue weighted by atomic mass is 35.5. The van der Waals surface area contributed by atoms with Gasteiger partial charge in [0.05, 0.1) is 13.1 Å². The van der Waals surface area contributed by atoms with E-state index in [1.807, 2.05) is 19.1 Å². The fourth-order valence-electron chi connectivity index (χ4n) is 2.79. The van der Waals surface area contributed by atoms with E-state index in [0.717, 1.165) is 0 Å². The predicted octanol–water partition coefficient (Wildman–Crippen LogP) is 2.91. The molecule has 1 aromatic rings. The number of benzene rings is 1. The third kappa shape index (κ3) is 7.29. The van der Waals surface area contributed by atoms with Crippen molar-refractivity contribution in [3.05, 3.63) is 29.3 Å². The minimum Gasteiger partial charge on any atom is -0.489 e. The standard InChI is InChI=1S/C17H24ClF3N4O/c1-12(26-15-5-3-4-13(18)8-15)9-23-16(22-2)24-14-6-7-25(10-14)11-17(19,20)21/h3-5,8,12,14H,6-7,9-11H2,1-2H3,(H2,22,23,24). The van der Waals surface area contributed by atoms with E-state index in [2.05, 4.69) is 15.6 Å². The van der Waals surface area contributed by atoms with Gasteiger partial charge >= 0.3 is 6.18 Å². The molecule has 5 nitrogen and oxygen atoms in total. The van der Waals surface area contributed by atoms with Gasteiger partial charge in [-0.05, 0) is 31.5 Å². The Hall–Kier alpha value is -1.67. The monoisotopic (exact) mass is 392 g/mol. The summed E-state index contributed by atoms with van der Waals surface area (Å²) in [6.45, 7) is 2.28. The molecule has 26 heavy (non-hydrogen) atoms. The highest BCUT2D eigenvalue weighted by Gasteiger charge is 2.34. The van der Waals surface area contributed by atoms with Crippen LogP contribution in [0.1, 0.15) is 13.3 Å². The number of nitrogens with one attached hydrogen (secondary N) is 2. The third-order valence-corrected chi connectivity index (χ3v) is 4.17. The molecule has 0 bridgehead atoms. The Morgan fingerprint density at radius 2 is 2.23 bits per heavy atom. The van der Waals surface area contributed by atoms with E-state index >= 15 is 0 Å². The third-order valence-electron chi connectivity index (χ3n) is 3.93. The summed E-state index contributed by atoms with van der Waals surface area (Å²) in [7, 11) is 1.63. The van der Waals surface area contributed by atoms with Gasteiger partial charge in [0, 0.05) is 31.2 Å². The number of guanidine groups is 1. The summed E-state index contributed by atoms with van der Waals surface area (Å²) in [6.07, 6.45) is -3.66. The molecule has 0 amide bonds. The van der Waals surface area contributed by atoms with Crippen molar-refractivity contribution in [2.75, 3.05) is 33.2 Å². The second kappa shape index (κ2) is 9.32. The molecule has 2 rings (SSSR count). The van der Waals surface area contributed by atoms with Crippen molar-refractivity contribution in [2.45, 2.75) is 31.7 Å². The molecule has 2 atom stereocenters. The predicted molar refractivity (Wildman–Crippen MR) is 96.9 cm³/mol. The van der Waals surface area contributed by atoms with Crippen molar-refractivity contribution in [1.29, 1.82) is 0 Å². The lowest BCUT2D eigenvalue weighted by atomic mass is 10.3. The van der Waals surface area contributed by atoms with Crippen LogP contribution in [0.4, 0.5) is 13.2 Å². The van der Waals surface area contributed by atoms with Gasteiger partial charge in [0.2, 0.25) is 0 Å². The fraction of sp³-hybridized carbons (Fsp3) is 0.588. The van der Waals surface area contributed by atoms with Gasteiger partial charge in [-0.3, -0.25) is 9.89 Å². The van der Waals surface area contributed by atoms with E-state index in [-0.39, 0.29) is 12.1 Å². The van der Waals surface area contributed by atoms with Crippen LogP contribution in [0, 0.1) is 0 Å². The molecule has 0 aromatic heterocycles. The molecule has 146 valence electrons. The Morgan fingerprint density at radius 3 is 2.88 bits per heavy atom. The van der Waals surface area contributed by atoms with Crippen LogP contribution >= 0.6 is 11.6 Å². The molecule has 2 unspecified atom stereocenters. The summed E-state index contributed by atoms with van der Waals surface area (Å²) >= 11 is 5.93. The molecule has 1 aromatic carbocycles. The molecule has 1 heterocycles. The van der Waals surface area contributed by atoms with Crippen LogP contribution in [-0.4, -0.2) is 62.4 Å². The molecular formula is C17H24ClF3N4O. The molecule has 2 N–H and O–H groups in total. The summed E-state index contributed by atoms with van der Waals surface area (Å²) in [5.41, 5.74) is 0. The van der Waals surface area contributed by atoms with Crippen LogP contribution in [-0.2, 0) is 0 Å². The summed E-state index contributed by atoms with van der Waals surface area (Å²) in [5.74, 6) is 1.22. The Bertz CT molecular complexity index is 612. The maximum atomic E-state index is 12.5.